The van der Waals surface area contributed by atoms with Crippen molar-refractivity contribution in [1.29, 1.82) is 0 Å². The molecule has 1 fully saturated rings. The van der Waals surface area contributed by atoms with Gasteiger partial charge in [0.2, 0.25) is 0 Å². The fraction of sp³-hybridized carbons (Fsp3) is 0.833. The van der Waals surface area contributed by atoms with Crippen molar-refractivity contribution in [2.24, 2.45) is 0 Å². The number of hydrogen-bond acceptors (Lipinski definition) is 3. The van der Waals surface area contributed by atoms with Crippen molar-refractivity contribution < 1.29 is 14.6 Å². The molecule has 1 aliphatic heterocycles. The minimum atomic E-state index is -0.485. The molecule has 0 aliphatic carbocycles. The molecule has 1 N–H and O–H groups in total. The third-order valence-electron chi connectivity index (χ3n) is 1.34. The van der Waals surface area contributed by atoms with Crippen LogP contribution in [0.15, 0.2) is 0 Å². The Labute approximate surface area is 53.6 Å². The molecule has 9 heavy (non-hydrogen) atoms. The zero-order chi connectivity index (χ0) is 6.85. The number of carbonyl (C=O) groups is 1. The van der Waals surface area contributed by atoms with E-state index in [0.29, 0.717) is 6.42 Å². The van der Waals surface area contributed by atoms with Crippen LogP contribution in [0.3, 0.4) is 0 Å². The number of ether oxygens (including phenoxy) is 1. The van der Waals surface area contributed by atoms with Crippen LogP contribution in [-0.4, -0.2) is 23.3 Å². The second kappa shape index (κ2) is 2.35. The number of esters is 1. The second-order valence-electron chi connectivity index (χ2n) is 2.39. The van der Waals surface area contributed by atoms with Gasteiger partial charge in [0.05, 0.1) is 12.5 Å². The molecule has 0 amide bonds. The molecule has 3 heteroatoms. The number of cyclic esters (lactones) is 1. The van der Waals surface area contributed by atoms with Gasteiger partial charge < -0.3 is 9.84 Å². The van der Waals surface area contributed by atoms with Crippen LogP contribution in [0.1, 0.15) is 19.8 Å². The van der Waals surface area contributed by atoms with E-state index in [4.69, 9.17) is 9.84 Å². The highest BCUT2D eigenvalue weighted by atomic mass is 16.5. The molecule has 2 atom stereocenters. The number of rotatable bonds is 0. The van der Waals surface area contributed by atoms with Gasteiger partial charge in [0.1, 0.15) is 6.10 Å². The van der Waals surface area contributed by atoms with Crippen LogP contribution in [0.2, 0.25) is 0 Å². The Kier molecular flexibility index (Phi) is 1.71. The lowest BCUT2D eigenvalue weighted by atomic mass is 10.1. The predicted octanol–water partition coefficient (Wildman–Crippen LogP) is 0.0728. The highest BCUT2D eigenvalue weighted by molar-refractivity contribution is 5.70. The zero-order valence-corrected chi connectivity index (χ0v) is 5.33. The van der Waals surface area contributed by atoms with Gasteiger partial charge in [-0.15, -0.1) is 0 Å². The zero-order valence-electron chi connectivity index (χ0n) is 5.33. The lowest BCUT2D eigenvalue weighted by Crippen LogP contribution is -2.30. The molecule has 0 radical (unpaired) electrons. The summed E-state index contributed by atoms with van der Waals surface area (Å²) in [6, 6.07) is 0. The Morgan fingerprint density at radius 1 is 1.78 bits per heavy atom. The average Bonchev–Trinajstić information content (AvgIpc) is 1.59. The Morgan fingerprint density at radius 2 is 2.44 bits per heavy atom. The third-order valence-corrected chi connectivity index (χ3v) is 1.34. The molecule has 0 aromatic heterocycles. The van der Waals surface area contributed by atoms with E-state index >= 15 is 0 Å². The molecule has 1 heterocycles. The van der Waals surface area contributed by atoms with E-state index in [2.05, 4.69) is 0 Å². The first kappa shape index (κ1) is 6.55. The SMILES string of the molecule is CC1C[C@@H](O)CC(=O)O1. The predicted molar refractivity (Wildman–Crippen MR) is 30.8 cm³/mol. The van der Waals surface area contributed by atoms with E-state index < -0.39 is 6.10 Å². The summed E-state index contributed by atoms with van der Waals surface area (Å²) >= 11 is 0. The van der Waals surface area contributed by atoms with Crippen molar-refractivity contribution in [2.75, 3.05) is 0 Å². The first-order chi connectivity index (χ1) is 4.18. The summed E-state index contributed by atoms with van der Waals surface area (Å²) in [6.07, 6.45) is 0.137. The molecule has 1 aliphatic rings. The second-order valence-corrected chi connectivity index (χ2v) is 2.39. The molecule has 1 saturated heterocycles. The Morgan fingerprint density at radius 3 is 2.89 bits per heavy atom. The van der Waals surface area contributed by atoms with Crippen molar-refractivity contribution in [1.82, 2.24) is 0 Å². The van der Waals surface area contributed by atoms with Crippen molar-refractivity contribution in [3.05, 3.63) is 0 Å². The molecule has 0 spiro atoms. The van der Waals surface area contributed by atoms with Gasteiger partial charge in [-0.2, -0.15) is 0 Å². The van der Waals surface area contributed by atoms with Gasteiger partial charge in [0.15, 0.2) is 0 Å². The highest BCUT2D eigenvalue weighted by Crippen LogP contribution is 2.13. The minimum absolute atomic E-state index is 0.110. The normalized spacial score (nSPS) is 36.0. The van der Waals surface area contributed by atoms with E-state index in [1.165, 1.54) is 0 Å². The largest absolute Gasteiger partial charge is 0.462 e. The van der Waals surface area contributed by atoms with Crippen LogP contribution in [0.5, 0.6) is 0 Å². The summed E-state index contributed by atoms with van der Waals surface area (Å²) in [5.74, 6) is -0.291. The summed E-state index contributed by atoms with van der Waals surface area (Å²) in [5.41, 5.74) is 0. The molecule has 52 valence electrons. The van der Waals surface area contributed by atoms with Crippen LogP contribution in [0.25, 0.3) is 0 Å². The summed E-state index contributed by atoms with van der Waals surface area (Å²) < 4.78 is 4.76. The van der Waals surface area contributed by atoms with E-state index in [0.717, 1.165) is 0 Å². The van der Waals surface area contributed by atoms with Gasteiger partial charge >= 0.3 is 5.97 Å². The Balaban J connectivity index is 2.43. The van der Waals surface area contributed by atoms with Crippen molar-refractivity contribution >= 4 is 5.97 Å². The maximum absolute atomic E-state index is 10.5. The smallest absolute Gasteiger partial charge is 0.308 e. The highest BCUT2D eigenvalue weighted by Gasteiger charge is 2.23. The van der Waals surface area contributed by atoms with Crippen LogP contribution in [-0.2, 0) is 9.53 Å². The number of carbonyl (C=O) groups excluding carboxylic acids is 1. The monoisotopic (exact) mass is 130 g/mol. The maximum Gasteiger partial charge on any atom is 0.308 e. The Bertz CT molecular complexity index is 109. The third kappa shape index (κ3) is 1.68. The minimum Gasteiger partial charge on any atom is -0.462 e. The molecule has 3 nitrogen and oxygen atoms in total. The Hall–Kier alpha value is -0.570. The average molecular weight is 130 g/mol. The molecular weight excluding hydrogens is 120 g/mol. The van der Waals surface area contributed by atoms with Crippen LogP contribution in [0.4, 0.5) is 0 Å². The van der Waals surface area contributed by atoms with E-state index in [1.807, 2.05) is 0 Å². The lowest BCUT2D eigenvalue weighted by molar-refractivity contribution is -0.158. The number of aliphatic hydroxyl groups excluding tert-OH is 1. The molecule has 0 saturated carbocycles. The van der Waals surface area contributed by atoms with Crippen LogP contribution < -0.4 is 0 Å². The summed E-state index contributed by atoms with van der Waals surface area (Å²) in [4.78, 5) is 10.5. The van der Waals surface area contributed by atoms with Crippen LogP contribution >= 0.6 is 0 Å². The molecule has 1 unspecified atom stereocenters. The molecule has 1 rings (SSSR count). The van der Waals surface area contributed by atoms with Crippen molar-refractivity contribution in [2.45, 2.75) is 32.0 Å². The van der Waals surface area contributed by atoms with Crippen LogP contribution in [0, 0.1) is 0 Å². The lowest BCUT2D eigenvalue weighted by Gasteiger charge is -2.22. The summed E-state index contributed by atoms with van der Waals surface area (Å²) in [7, 11) is 0. The first-order valence-electron chi connectivity index (χ1n) is 3.06. The summed E-state index contributed by atoms with van der Waals surface area (Å²) in [5, 5.41) is 8.95. The molecule has 0 aromatic rings. The number of hydrogen-bond donors (Lipinski definition) is 1. The van der Waals surface area contributed by atoms with E-state index in [-0.39, 0.29) is 18.5 Å². The fourth-order valence-corrected chi connectivity index (χ4v) is 0.979. The molecule has 0 aromatic carbocycles. The fourth-order valence-electron chi connectivity index (χ4n) is 0.979. The molecular formula is C6H10O3. The maximum atomic E-state index is 10.5. The van der Waals surface area contributed by atoms with Gasteiger partial charge in [0, 0.05) is 6.42 Å². The standard InChI is InChI=1S/C6H10O3/c1-4-2-5(7)3-6(8)9-4/h4-5,7H,2-3H2,1H3/t4?,5-/m1/s1. The van der Waals surface area contributed by atoms with Gasteiger partial charge in [0.25, 0.3) is 0 Å². The van der Waals surface area contributed by atoms with E-state index in [9.17, 15) is 4.79 Å². The number of aliphatic hydroxyl groups is 1. The topological polar surface area (TPSA) is 46.5 Å². The van der Waals surface area contributed by atoms with Crippen molar-refractivity contribution in [3.8, 4) is 0 Å². The first-order valence-corrected chi connectivity index (χ1v) is 3.06. The van der Waals surface area contributed by atoms with Gasteiger partial charge in [-0.3, -0.25) is 4.79 Å². The van der Waals surface area contributed by atoms with Crippen molar-refractivity contribution in [3.63, 3.8) is 0 Å². The van der Waals surface area contributed by atoms with Gasteiger partial charge in [-0.25, -0.2) is 0 Å². The molecule has 0 bridgehead atoms. The van der Waals surface area contributed by atoms with Gasteiger partial charge in [-0.05, 0) is 6.92 Å². The van der Waals surface area contributed by atoms with Gasteiger partial charge in [-0.1, -0.05) is 0 Å². The summed E-state index contributed by atoms with van der Waals surface area (Å²) in [6.45, 7) is 1.78. The quantitative estimate of drug-likeness (QED) is 0.472. The van der Waals surface area contributed by atoms with E-state index in [1.54, 1.807) is 6.92 Å².